The number of nitrogens with zero attached hydrogens (tertiary/aromatic N) is 3. The highest BCUT2D eigenvalue weighted by molar-refractivity contribution is 5.82. The minimum Gasteiger partial charge on any atom is -0.497 e. The highest BCUT2D eigenvalue weighted by atomic mass is 16.5. The topological polar surface area (TPSA) is 36.0 Å². The Morgan fingerprint density at radius 2 is 1.70 bits per heavy atom. The normalized spacial score (nSPS) is 16.9. The number of hydrogen-bond acceptors (Lipinski definition) is 4. The lowest BCUT2D eigenvalue weighted by atomic mass is 10.0. The number of carbonyl (C=O) groups excluding carboxylic acids is 1. The fourth-order valence-corrected chi connectivity index (χ4v) is 4.05. The second kappa shape index (κ2) is 7.91. The van der Waals surface area contributed by atoms with E-state index in [4.69, 9.17) is 4.74 Å². The Kier molecular flexibility index (Phi) is 5.19. The van der Waals surface area contributed by atoms with E-state index in [1.807, 2.05) is 17.0 Å². The molecule has 1 amide bonds. The second-order valence-electron chi connectivity index (χ2n) is 7.22. The molecule has 0 spiro atoms. The standard InChI is InChI=1S/C22H27N3O2/c1-27-20-10-8-19(9-11-20)23-13-15-24(16-14-23)22(26)17-25-12-4-6-18-5-2-3-7-21(18)25/h2-3,5,7-11H,4,6,12-17H2,1H3. The van der Waals surface area contributed by atoms with Crippen LogP contribution in [0.4, 0.5) is 11.4 Å². The number of ether oxygens (including phenoxy) is 1. The summed E-state index contributed by atoms with van der Waals surface area (Å²) in [6.07, 6.45) is 2.23. The monoisotopic (exact) mass is 365 g/mol. The molecule has 0 unspecified atom stereocenters. The van der Waals surface area contributed by atoms with E-state index in [2.05, 4.69) is 46.2 Å². The van der Waals surface area contributed by atoms with Crippen LogP contribution in [-0.4, -0.2) is 57.2 Å². The van der Waals surface area contributed by atoms with E-state index in [-0.39, 0.29) is 5.91 Å². The molecule has 0 N–H and O–H groups in total. The van der Waals surface area contributed by atoms with Crippen LogP contribution in [0, 0.1) is 0 Å². The van der Waals surface area contributed by atoms with Gasteiger partial charge in [0.2, 0.25) is 5.91 Å². The molecule has 1 saturated heterocycles. The smallest absolute Gasteiger partial charge is 0.242 e. The summed E-state index contributed by atoms with van der Waals surface area (Å²) >= 11 is 0. The third-order valence-electron chi connectivity index (χ3n) is 5.60. The molecule has 142 valence electrons. The lowest BCUT2D eigenvalue weighted by Crippen LogP contribution is -2.51. The molecule has 2 aromatic rings. The fraction of sp³-hybridized carbons (Fsp3) is 0.409. The maximum atomic E-state index is 12.9. The van der Waals surface area contributed by atoms with Gasteiger partial charge in [-0.2, -0.15) is 0 Å². The molecular weight excluding hydrogens is 338 g/mol. The van der Waals surface area contributed by atoms with E-state index in [9.17, 15) is 4.79 Å². The van der Waals surface area contributed by atoms with E-state index in [1.54, 1.807) is 7.11 Å². The Hall–Kier alpha value is -2.69. The van der Waals surface area contributed by atoms with Crippen LogP contribution in [0.3, 0.4) is 0 Å². The van der Waals surface area contributed by atoms with Crippen LogP contribution >= 0.6 is 0 Å². The van der Waals surface area contributed by atoms with Crippen LogP contribution in [0.2, 0.25) is 0 Å². The zero-order valence-electron chi connectivity index (χ0n) is 15.9. The molecule has 2 aliphatic heterocycles. The van der Waals surface area contributed by atoms with Crippen molar-refractivity contribution in [3.8, 4) is 5.75 Å². The number of carbonyl (C=O) groups is 1. The predicted molar refractivity (Wildman–Crippen MR) is 109 cm³/mol. The summed E-state index contributed by atoms with van der Waals surface area (Å²) in [5.74, 6) is 1.11. The van der Waals surface area contributed by atoms with Gasteiger partial charge in [0, 0.05) is 44.1 Å². The Morgan fingerprint density at radius 1 is 0.963 bits per heavy atom. The number of methoxy groups -OCH3 is 1. The summed E-state index contributed by atoms with van der Waals surface area (Å²) in [4.78, 5) is 19.4. The van der Waals surface area contributed by atoms with Crippen molar-refractivity contribution in [2.45, 2.75) is 12.8 Å². The molecule has 0 aliphatic carbocycles. The summed E-state index contributed by atoms with van der Waals surface area (Å²) in [6, 6.07) is 16.6. The minimum atomic E-state index is 0.237. The van der Waals surface area contributed by atoms with Crippen molar-refractivity contribution < 1.29 is 9.53 Å². The summed E-state index contributed by atoms with van der Waals surface area (Å²) < 4.78 is 5.23. The Labute approximate surface area is 161 Å². The van der Waals surface area contributed by atoms with Gasteiger partial charge >= 0.3 is 0 Å². The van der Waals surface area contributed by atoms with Crippen molar-refractivity contribution in [2.24, 2.45) is 0 Å². The molecule has 2 aromatic carbocycles. The summed E-state index contributed by atoms with van der Waals surface area (Å²) in [5.41, 5.74) is 3.78. The van der Waals surface area contributed by atoms with Crippen molar-refractivity contribution in [3.63, 3.8) is 0 Å². The molecule has 5 nitrogen and oxygen atoms in total. The zero-order valence-corrected chi connectivity index (χ0v) is 15.9. The zero-order chi connectivity index (χ0) is 18.6. The average molecular weight is 365 g/mol. The minimum absolute atomic E-state index is 0.237. The van der Waals surface area contributed by atoms with Crippen molar-refractivity contribution in [3.05, 3.63) is 54.1 Å². The molecule has 5 heteroatoms. The Bertz CT molecular complexity index is 782. The third-order valence-corrected chi connectivity index (χ3v) is 5.60. The van der Waals surface area contributed by atoms with E-state index in [0.29, 0.717) is 6.54 Å². The molecule has 27 heavy (non-hydrogen) atoms. The van der Waals surface area contributed by atoms with E-state index in [0.717, 1.165) is 51.3 Å². The van der Waals surface area contributed by atoms with Gasteiger partial charge < -0.3 is 19.4 Å². The molecule has 0 aromatic heterocycles. The highest BCUT2D eigenvalue weighted by Gasteiger charge is 2.25. The van der Waals surface area contributed by atoms with Crippen molar-refractivity contribution >= 4 is 17.3 Å². The number of para-hydroxylation sites is 1. The molecule has 0 bridgehead atoms. The fourth-order valence-electron chi connectivity index (χ4n) is 4.05. The molecular formula is C22H27N3O2. The first-order chi connectivity index (χ1) is 13.2. The second-order valence-corrected chi connectivity index (χ2v) is 7.22. The van der Waals surface area contributed by atoms with Gasteiger partial charge in [0.15, 0.2) is 0 Å². The number of fused-ring (bicyclic) bond motifs is 1. The molecule has 0 saturated carbocycles. The van der Waals surface area contributed by atoms with Gasteiger partial charge in [0.25, 0.3) is 0 Å². The SMILES string of the molecule is COc1ccc(N2CCN(C(=O)CN3CCCc4ccccc43)CC2)cc1. The van der Waals surface area contributed by atoms with Crippen LogP contribution < -0.4 is 14.5 Å². The summed E-state index contributed by atoms with van der Waals surface area (Å²) in [5, 5.41) is 0. The number of piperazine rings is 1. The van der Waals surface area contributed by atoms with Crippen molar-refractivity contribution in [2.75, 3.05) is 56.2 Å². The van der Waals surface area contributed by atoms with E-state index < -0.39 is 0 Å². The third kappa shape index (κ3) is 3.87. The maximum absolute atomic E-state index is 12.9. The lowest BCUT2D eigenvalue weighted by molar-refractivity contribution is -0.130. The van der Waals surface area contributed by atoms with Crippen LogP contribution in [0.15, 0.2) is 48.5 Å². The van der Waals surface area contributed by atoms with Crippen LogP contribution in [0.25, 0.3) is 0 Å². The van der Waals surface area contributed by atoms with Gasteiger partial charge in [-0.3, -0.25) is 4.79 Å². The molecule has 2 aliphatic rings. The number of amides is 1. The lowest BCUT2D eigenvalue weighted by Gasteiger charge is -2.38. The van der Waals surface area contributed by atoms with Crippen LogP contribution in [0.1, 0.15) is 12.0 Å². The molecule has 0 atom stereocenters. The largest absolute Gasteiger partial charge is 0.497 e. The first kappa shape index (κ1) is 17.7. The predicted octanol–water partition coefficient (Wildman–Crippen LogP) is 2.80. The first-order valence-electron chi connectivity index (χ1n) is 9.74. The number of benzene rings is 2. The van der Waals surface area contributed by atoms with Crippen molar-refractivity contribution in [1.82, 2.24) is 4.90 Å². The van der Waals surface area contributed by atoms with Gasteiger partial charge in [-0.25, -0.2) is 0 Å². The van der Waals surface area contributed by atoms with E-state index in [1.165, 1.54) is 16.9 Å². The van der Waals surface area contributed by atoms with Crippen LogP contribution in [0.5, 0.6) is 5.75 Å². The summed E-state index contributed by atoms with van der Waals surface area (Å²) in [7, 11) is 1.68. The maximum Gasteiger partial charge on any atom is 0.242 e. The highest BCUT2D eigenvalue weighted by Crippen LogP contribution is 2.26. The number of aryl methyl sites for hydroxylation is 1. The average Bonchev–Trinajstić information content (AvgIpc) is 2.74. The van der Waals surface area contributed by atoms with Gasteiger partial charge in [0.05, 0.1) is 13.7 Å². The molecule has 0 radical (unpaired) electrons. The van der Waals surface area contributed by atoms with Crippen LogP contribution in [-0.2, 0) is 11.2 Å². The number of hydrogen-bond donors (Lipinski definition) is 0. The van der Waals surface area contributed by atoms with Gasteiger partial charge in [-0.1, -0.05) is 18.2 Å². The quantitative estimate of drug-likeness (QED) is 0.835. The Morgan fingerprint density at radius 3 is 2.44 bits per heavy atom. The number of rotatable bonds is 4. The van der Waals surface area contributed by atoms with Gasteiger partial charge in [-0.15, -0.1) is 0 Å². The van der Waals surface area contributed by atoms with Gasteiger partial charge in [-0.05, 0) is 48.7 Å². The Balaban J connectivity index is 1.34. The molecule has 4 rings (SSSR count). The first-order valence-corrected chi connectivity index (χ1v) is 9.74. The van der Waals surface area contributed by atoms with Gasteiger partial charge in [0.1, 0.15) is 5.75 Å². The van der Waals surface area contributed by atoms with Crippen molar-refractivity contribution in [1.29, 1.82) is 0 Å². The van der Waals surface area contributed by atoms with E-state index >= 15 is 0 Å². The molecule has 1 fully saturated rings. The molecule has 2 heterocycles. The summed E-state index contributed by atoms with van der Waals surface area (Å²) in [6.45, 7) is 4.75. The number of anilines is 2.